The number of carbonyl (C=O) groups excluding carboxylic acids is 1. The number of amides is 1. The van der Waals surface area contributed by atoms with Crippen molar-refractivity contribution in [3.05, 3.63) is 59.4 Å². The monoisotopic (exact) mass is 400 g/mol. The first-order valence-electron chi connectivity index (χ1n) is 9.00. The van der Waals surface area contributed by atoms with Gasteiger partial charge in [0.1, 0.15) is 0 Å². The van der Waals surface area contributed by atoms with E-state index in [9.17, 15) is 4.79 Å². The van der Waals surface area contributed by atoms with E-state index in [1.165, 1.54) is 0 Å². The Kier molecular flexibility index (Phi) is 6.49. The Morgan fingerprint density at radius 1 is 1.21 bits per heavy atom. The molecule has 0 unspecified atom stereocenters. The summed E-state index contributed by atoms with van der Waals surface area (Å²) in [7, 11) is 0. The molecule has 0 radical (unpaired) electrons. The molecule has 2 aromatic carbocycles. The highest BCUT2D eigenvalue weighted by Gasteiger charge is 2.17. The van der Waals surface area contributed by atoms with Gasteiger partial charge in [-0.3, -0.25) is 4.79 Å². The number of hydrogen-bond donors (Lipinski definition) is 1. The smallest absolute Gasteiger partial charge is 0.255 e. The van der Waals surface area contributed by atoms with E-state index in [1.54, 1.807) is 35.3 Å². The van der Waals surface area contributed by atoms with Gasteiger partial charge in [-0.2, -0.15) is 0 Å². The van der Waals surface area contributed by atoms with Crippen molar-refractivity contribution in [1.82, 2.24) is 15.0 Å². The largest absolute Gasteiger partial charge is 0.490 e. The Hall–Kier alpha value is -3.06. The first-order valence-corrected chi connectivity index (χ1v) is 9.38. The molecule has 1 aromatic heterocycles. The number of hydrogen-bond acceptors (Lipinski definition) is 5. The van der Waals surface area contributed by atoms with Gasteiger partial charge in [0.25, 0.3) is 5.91 Å². The average molecular weight is 401 g/mol. The minimum absolute atomic E-state index is 0.322. The molecule has 3 rings (SSSR count). The molecule has 1 heterocycles. The molecule has 146 valence electrons. The van der Waals surface area contributed by atoms with E-state index in [4.69, 9.17) is 21.1 Å². The van der Waals surface area contributed by atoms with Crippen molar-refractivity contribution in [2.45, 2.75) is 20.3 Å². The van der Waals surface area contributed by atoms with Crippen molar-refractivity contribution < 1.29 is 14.3 Å². The Labute approximate surface area is 168 Å². The molecular formula is C20H21ClN4O3. The average Bonchev–Trinajstić information content (AvgIpc) is 3.22. The Morgan fingerprint density at radius 3 is 2.75 bits per heavy atom. The number of aromatic nitrogens is 3. The molecular weight excluding hydrogens is 380 g/mol. The lowest BCUT2D eigenvalue weighted by Crippen LogP contribution is -2.14. The van der Waals surface area contributed by atoms with Crippen molar-refractivity contribution in [2.75, 3.05) is 18.5 Å². The molecule has 3 aromatic rings. The van der Waals surface area contributed by atoms with Crippen molar-refractivity contribution >= 4 is 23.2 Å². The number of rotatable bonds is 8. The highest BCUT2D eigenvalue weighted by molar-refractivity contribution is 6.32. The molecule has 0 spiro atoms. The highest BCUT2D eigenvalue weighted by Crippen LogP contribution is 2.37. The fourth-order valence-corrected chi connectivity index (χ4v) is 2.88. The van der Waals surface area contributed by atoms with Crippen molar-refractivity contribution in [1.29, 1.82) is 0 Å². The zero-order chi connectivity index (χ0) is 19.9. The Bertz CT molecular complexity index is 945. The van der Waals surface area contributed by atoms with Crippen molar-refractivity contribution in [3.63, 3.8) is 0 Å². The van der Waals surface area contributed by atoms with Crippen LogP contribution in [0.5, 0.6) is 11.5 Å². The molecule has 0 bridgehead atoms. The second-order valence-corrected chi connectivity index (χ2v) is 6.29. The number of halogens is 1. The number of ether oxygens (including phenoxy) is 2. The first kappa shape index (κ1) is 19.7. The molecule has 1 N–H and O–H groups in total. The summed E-state index contributed by atoms with van der Waals surface area (Å²) in [6.07, 6.45) is 4.11. The molecule has 7 nitrogen and oxygen atoms in total. The number of anilines is 1. The number of para-hydroxylation sites is 2. The van der Waals surface area contributed by atoms with Crippen LogP contribution < -0.4 is 14.8 Å². The minimum Gasteiger partial charge on any atom is -0.490 e. The van der Waals surface area contributed by atoms with Gasteiger partial charge in [-0.15, -0.1) is 5.10 Å². The van der Waals surface area contributed by atoms with Gasteiger partial charge in [-0.05, 0) is 37.6 Å². The van der Waals surface area contributed by atoms with Gasteiger partial charge in [-0.1, -0.05) is 35.9 Å². The van der Waals surface area contributed by atoms with Crippen LogP contribution in [-0.4, -0.2) is 34.1 Å². The molecule has 28 heavy (non-hydrogen) atoms. The third-order valence-electron chi connectivity index (χ3n) is 3.84. The molecule has 0 saturated heterocycles. The number of nitrogens with zero attached hydrogens (tertiary/aromatic N) is 3. The molecule has 0 aliphatic carbocycles. The summed E-state index contributed by atoms with van der Waals surface area (Å²) in [5.74, 6) is 0.570. The number of carbonyl (C=O) groups is 1. The molecule has 1 amide bonds. The maximum Gasteiger partial charge on any atom is 0.255 e. The maximum absolute atomic E-state index is 12.9. The van der Waals surface area contributed by atoms with Crippen LogP contribution >= 0.6 is 11.6 Å². The van der Waals surface area contributed by atoms with E-state index in [1.807, 2.05) is 32.0 Å². The second kappa shape index (κ2) is 9.23. The van der Waals surface area contributed by atoms with Crippen LogP contribution in [-0.2, 0) is 0 Å². The highest BCUT2D eigenvalue weighted by atomic mass is 35.5. The quantitative estimate of drug-likeness (QED) is 0.607. The SMILES string of the molecule is CCCOc1c(Cl)cc(C(=O)Nc2ccccc2-n2ccnn2)cc1OCC. The summed E-state index contributed by atoms with van der Waals surface area (Å²) >= 11 is 6.36. The number of nitrogens with one attached hydrogen (secondary N) is 1. The van der Waals surface area contributed by atoms with Crippen LogP contribution in [0.1, 0.15) is 30.6 Å². The minimum atomic E-state index is -0.322. The molecule has 0 aliphatic heterocycles. The second-order valence-electron chi connectivity index (χ2n) is 5.89. The summed E-state index contributed by atoms with van der Waals surface area (Å²) in [4.78, 5) is 12.9. The van der Waals surface area contributed by atoms with Crippen molar-refractivity contribution in [2.24, 2.45) is 0 Å². The zero-order valence-corrected chi connectivity index (χ0v) is 16.4. The van der Waals surface area contributed by atoms with E-state index >= 15 is 0 Å². The summed E-state index contributed by atoms with van der Waals surface area (Å²) in [6, 6.07) is 10.5. The van der Waals surface area contributed by atoms with Crippen LogP contribution in [0.2, 0.25) is 5.02 Å². The Balaban J connectivity index is 1.89. The summed E-state index contributed by atoms with van der Waals surface area (Å²) in [5.41, 5.74) is 1.66. The van der Waals surface area contributed by atoms with Gasteiger partial charge in [0.2, 0.25) is 0 Å². The molecule has 0 fully saturated rings. The van der Waals surface area contributed by atoms with Gasteiger partial charge in [0, 0.05) is 5.56 Å². The zero-order valence-electron chi connectivity index (χ0n) is 15.7. The standard InChI is InChI=1S/C20H21ClN4O3/c1-3-11-28-19-15(21)12-14(13-18(19)27-4-2)20(26)23-16-7-5-6-8-17(16)25-10-9-22-24-25/h5-10,12-13H,3-4,11H2,1-2H3,(H,23,26). The predicted octanol–water partition coefficient (Wildman–Crippen LogP) is 4.36. The summed E-state index contributed by atoms with van der Waals surface area (Å²) in [6.45, 7) is 4.80. The van der Waals surface area contributed by atoms with Crippen LogP contribution in [0.25, 0.3) is 5.69 Å². The third-order valence-corrected chi connectivity index (χ3v) is 4.12. The predicted molar refractivity (Wildman–Crippen MR) is 108 cm³/mol. The molecule has 0 saturated carbocycles. The van der Waals surface area contributed by atoms with Crippen molar-refractivity contribution in [3.8, 4) is 17.2 Å². The van der Waals surface area contributed by atoms with E-state index in [-0.39, 0.29) is 5.91 Å². The fraction of sp³-hybridized carbons (Fsp3) is 0.250. The lowest BCUT2D eigenvalue weighted by Gasteiger charge is -2.15. The van der Waals surface area contributed by atoms with Gasteiger partial charge in [-0.25, -0.2) is 4.68 Å². The Morgan fingerprint density at radius 2 is 2.04 bits per heavy atom. The van der Waals surface area contributed by atoms with E-state index in [0.717, 1.165) is 6.42 Å². The molecule has 8 heteroatoms. The van der Waals surface area contributed by atoms with Crippen LogP contribution in [0, 0.1) is 0 Å². The summed E-state index contributed by atoms with van der Waals surface area (Å²) in [5, 5.41) is 11.0. The van der Waals surface area contributed by atoms with Crippen LogP contribution in [0.15, 0.2) is 48.8 Å². The van der Waals surface area contributed by atoms with E-state index in [2.05, 4.69) is 15.6 Å². The lowest BCUT2D eigenvalue weighted by molar-refractivity contribution is 0.102. The van der Waals surface area contributed by atoms with Gasteiger partial charge in [0.15, 0.2) is 11.5 Å². The van der Waals surface area contributed by atoms with E-state index in [0.29, 0.717) is 46.7 Å². The topological polar surface area (TPSA) is 78.3 Å². The maximum atomic E-state index is 12.9. The van der Waals surface area contributed by atoms with Gasteiger partial charge < -0.3 is 14.8 Å². The fourth-order valence-electron chi connectivity index (χ4n) is 2.62. The molecule has 0 atom stereocenters. The first-order chi connectivity index (χ1) is 13.6. The van der Waals surface area contributed by atoms with Crippen LogP contribution in [0.4, 0.5) is 5.69 Å². The van der Waals surface area contributed by atoms with Gasteiger partial charge in [0.05, 0.1) is 42.0 Å². The number of benzene rings is 2. The summed E-state index contributed by atoms with van der Waals surface area (Å²) < 4.78 is 12.9. The lowest BCUT2D eigenvalue weighted by atomic mass is 10.1. The normalized spacial score (nSPS) is 10.5. The molecule has 0 aliphatic rings. The van der Waals surface area contributed by atoms with E-state index < -0.39 is 0 Å². The van der Waals surface area contributed by atoms with Crippen LogP contribution in [0.3, 0.4) is 0 Å². The van der Waals surface area contributed by atoms with Gasteiger partial charge >= 0.3 is 0 Å². The third kappa shape index (κ3) is 4.43.